The molecule has 0 saturated carbocycles. The third-order valence-corrected chi connectivity index (χ3v) is 4.22. The van der Waals surface area contributed by atoms with E-state index in [9.17, 15) is 5.11 Å². The molecule has 2 atom stereocenters. The summed E-state index contributed by atoms with van der Waals surface area (Å²) < 4.78 is 6.58. The lowest BCUT2D eigenvalue weighted by molar-refractivity contribution is -0.0412. The van der Waals surface area contributed by atoms with E-state index in [2.05, 4.69) is 20.8 Å². The van der Waals surface area contributed by atoms with Crippen molar-refractivity contribution in [1.82, 2.24) is 4.90 Å². The molecule has 2 bridgehead atoms. The maximum absolute atomic E-state index is 9.97. The molecule has 1 aromatic carbocycles. The molecule has 2 saturated heterocycles. The van der Waals surface area contributed by atoms with Crippen molar-refractivity contribution in [3.05, 3.63) is 28.2 Å². The lowest BCUT2D eigenvalue weighted by Crippen LogP contribution is -2.41. The Morgan fingerprint density at radius 2 is 2.00 bits per heavy atom. The third-order valence-electron chi connectivity index (χ3n) is 3.58. The number of phenols is 1. The van der Waals surface area contributed by atoms with E-state index in [1.54, 1.807) is 0 Å². The second kappa shape index (κ2) is 4.59. The molecule has 2 heterocycles. The van der Waals surface area contributed by atoms with Gasteiger partial charge in [-0.3, -0.25) is 4.90 Å². The van der Waals surface area contributed by atoms with Gasteiger partial charge in [0.25, 0.3) is 0 Å². The zero-order chi connectivity index (χ0) is 11.8. The molecule has 17 heavy (non-hydrogen) atoms. The molecule has 2 aliphatic rings. The Labute approximate surface area is 110 Å². The summed E-state index contributed by atoms with van der Waals surface area (Å²) in [4.78, 5) is 2.38. The molecule has 2 aliphatic heterocycles. The number of phenolic OH excluding ortho intramolecular Hbond substituents is 1. The highest BCUT2D eigenvalue weighted by Gasteiger charge is 2.33. The van der Waals surface area contributed by atoms with Gasteiger partial charge in [-0.25, -0.2) is 0 Å². The first-order valence-electron chi connectivity index (χ1n) is 6.06. The Bertz CT molecular complexity index is 412. The van der Waals surface area contributed by atoms with Crippen LogP contribution in [0.2, 0.25) is 0 Å². The monoisotopic (exact) mass is 297 g/mol. The first-order valence-corrected chi connectivity index (χ1v) is 6.86. The van der Waals surface area contributed by atoms with Crippen molar-refractivity contribution in [2.75, 3.05) is 13.1 Å². The smallest absolute Gasteiger partial charge is 0.134 e. The van der Waals surface area contributed by atoms with E-state index >= 15 is 0 Å². The Hall–Kier alpha value is -0.580. The molecule has 1 N–H and O–H groups in total. The van der Waals surface area contributed by atoms with E-state index < -0.39 is 0 Å². The average Bonchev–Trinajstić information content (AvgIpc) is 2.65. The Morgan fingerprint density at radius 3 is 2.71 bits per heavy atom. The van der Waals surface area contributed by atoms with Gasteiger partial charge in [0.05, 0.1) is 16.7 Å². The minimum absolute atomic E-state index is 0.367. The van der Waals surface area contributed by atoms with E-state index in [-0.39, 0.29) is 0 Å². The number of hydrogen-bond acceptors (Lipinski definition) is 3. The standard InChI is InChI=1S/C13H16BrNO2/c14-12-3-1-2-9(13(12)16)6-15-7-10-4-5-11(8-15)17-10/h1-3,10-11,16H,4-8H2. The van der Waals surface area contributed by atoms with Gasteiger partial charge in [0.15, 0.2) is 0 Å². The van der Waals surface area contributed by atoms with Gasteiger partial charge >= 0.3 is 0 Å². The van der Waals surface area contributed by atoms with Crippen LogP contribution >= 0.6 is 15.9 Å². The molecule has 2 unspecified atom stereocenters. The molecule has 0 spiro atoms. The molecule has 2 fully saturated rings. The quantitative estimate of drug-likeness (QED) is 0.910. The van der Waals surface area contributed by atoms with Gasteiger partial charge in [-0.05, 0) is 34.8 Å². The minimum Gasteiger partial charge on any atom is -0.506 e. The Morgan fingerprint density at radius 1 is 1.29 bits per heavy atom. The normalized spacial score (nSPS) is 28.5. The van der Waals surface area contributed by atoms with Crippen LogP contribution in [-0.4, -0.2) is 35.3 Å². The fourth-order valence-corrected chi connectivity index (χ4v) is 3.16. The third kappa shape index (κ3) is 2.34. The van der Waals surface area contributed by atoms with Gasteiger partial charge in [-0.15, -0.1) is 0 Å². The average molecular weight is 298 g/mol. The fraction of sp³-hybridized carbons (Fsp3) is 0.538. The van der Waals surface area contributed by atoms with Crippen LogP contribution in [0.3, 0.4) is 0 Å². The van der Waals surface area contributed by atoms with Crippen molar-refractivity contribution in [3.63, 3.8) is 0 Å². The number of likely N-dealkylation sites (tertiary alicyclic amines) is 1. The van der Waals surface area contributed by atoms with Crippen molar-refractivity contribution in [1.29, 1.82) is 0 Å². The van der Waals surface area contributed by atoms with Crippen LogP contribution in [0.4, 0.5) is 0 Å². The highest BCUT2D eigenvalue weighted by molar-refractivity contribution is 9.10. The van der Waals surface area contributed by atoms with Crippen LogP contribution in [0.1, 0.15) is 18.4 Å². The summed E-state index contributed by atoms with van der Waals surface area (Å²) in [5.41, 5.74) is 0.987. The number of nitrogens with zero attached hydrogens (tertiary/aromatic N) is 1. The van der Waals surface area contributed by atoms with Gasteiger partial charge in [0, 0.05) is 25.2 Å². The minimum atomic E-state index is 0.367. The second-order valence-electron chi connectivity index (χ2n) is 4.90. The molecule has 4 heteroatoms. The van der Waals surface area contributed by atoms with E-state index in [1.165, 1.54) is 12.8 Å². The summed E-state index contributed by atoms with van der Waals surface area (Å²) in [7, 11) is 0. The number of fused-ring (bicyclic) bond motifs is 2. The predicted molar refractivity (Wildman–Crippen MR) is 69.0 cm³/mol. The van der Waals surface area contributed by atoms with Crippen LogP contribution in [0, 0.1) is 0 Å². The molecule has 1 aromatic rings. The molecule has 0 aromatic heterocycles. The largest absolute Gasteiger partial charge is 0.506 e. The number of benzene rings is 1. The molecular weight excluding hydrogens is 282 g/mol. The van der Waals surface area contributed by atoms with Crippen LogP contribution in [0.25, 0.3) is 0 Å². The van der Waals surface area contributed by atoms with Crippen LogP contribution < -0.4 is 0 Å². The molecule has 0 amide bonds. The number of morpholine rings is 1. The van der Waals surface area contributed by atoms with Crippen LogP contribution in [0.5, 0.6) is 5.75 Å². The van der Waals surface area contributed by atoms with Gasteiger partial charge in [-0.2, -0.15) is 0 Å². The zero-order valence-corrected chi connectivity index (χ0v) is 11.2. The molecule has 0 radical (unpaired) electrons. The maximum Gasteiger partial charge on any atom is 0.134 e. The first-order chi connectivity index (χ1) is 8.22. The summed E-state index contributed by atoms with van der Waals surface area (Å²) in [6.07, 6.45) is 3.18. The zero-order valence-electron chi connectivity index (χ0n) is 9.60. The summed E-state index contributed by atoms with van der Waals surface area (Å²) >= 11 is 3.35. The summed E-state index contributed by atoms with van der Waals surface area (Å²) in [6, 6.07) is 5.81. The van der Waals surface area contributed by atoms with E-state index in [1.807, 2.05) is 18.2 Å². The lowest BCUT2D eigenvalue weighted by Gasteiger charge is -2.32. The molecule has 0 aliphatic carbocycles. The van der Waals surface area contributed by atoms with E-state index in [4.69, 9.17) is 4.74 Å². The van der Waals surface area contributed by atoms with Gasteiger partial charge in [0.1, 0.15) is 5.75 Å². The summed E-state index contributed by atoms with van der Waals surface area (Å²) in [6.45, 7) is 2.78. The number of aromatic hydroxyl groups is 1. The molecule has 3 nitrogen and oxygen atoms in total. The first kappa shape index (κ1) is 11.5. The Balaban J connectivity index is 1.72. The van der Waals surface area contributed by atoms with Crippen molar-refractivity contribution in [2.45, 2.75) is 31.6 Å². The summed E-state index contributed by atoms with van der Waals surface area (Å²) in [5.74, 6) is 0.367. The van der Waals surface area contributed by atoms with Crippen molar-refractivity contribution < 1.29 is 9.84 Å². The molecular formula is C13H16BrNO2. The van der Waals surface area contributed by atoms with Crippen molar-refractivity contribution in [2.24, 2.45) is 0 Å². The fourth-order valence-electron chi connectivity index (χ4n) is 2.76. The number of ether oxygens (including phenoxy) is 1. The number of halogens is 1. The van der Waals surface area contributed by atoms with Crippen LogP contribution in [-0.2, 0) is 11.3 Å². The number of rotatable bonds is 2. The number of hydrogen-bond donors (Lipinski definition) is 1. The Kier molecular flexibility index (Phi) is 3.11. The van der Waals surface area contributed by atoms with Crippen molar-refractivity contribution >= 4 is 15.9 Å². The topological polar surface area (TPSA) is 32.7 Å². The summed E-state index contributed by atoms with van der Waals surface area (Å²) in [5, 5.41) is 9.97. The highest BCUT2D eigenvalue weighted by atomic mass is 79.9. The van der Waals surface area contributed by atoms with Gasteiger partial charge in [-0.1, -0.05) is 12.1 Å². The van der Waals surface area contributed by atoms with Gasteiger partial charge < -0.3 is 9.84 Å². The molecule has 3 rings (SSSR count). The predicted octanol–water partition coefficient (Wildman–Crippen LogP) is 2.52. The molecule has 92 valence electrons. The van der Waals surface area contributed by atoms with Gasteiger partial charge in [0.2, 0.25) is 0 Å². The van der Waals surface area contributed by atoms with E-state index in [0.717, 1.165) is 29.7 Å². The van der Waals surface area contributed by atoms with E-state index in [0.29, 0.717) is 18.0 Å². The van der Waals surface area contributed by atoms with Crippen molar-refractivity contribution in [3.8, 4) is 5.75 Å². The highest BCUT2D eigenvalue weighted by Crippen LogP contribution is 2.31. The van der Waals surface area contributed by atoms with Crippen LogP contribution in [0.15, 0.2) is 22.7 Å². The SMILES string of the molecule is Oc1c(Br)cccc1CN1CC2CCC(C1)O2. The maximum atomic E-state index is 9.97. The second-order valence-corrected chi connectivity index (χ2v) is 5.75. The number of para-hydroxylation sites is 1. The lowest BCUT2D eigenvalue weighted by atomic mass is 10.1.